The Morgan fingerprint density at radius 3 is 2.65 bits per heavy atom. The van der Waals surface area contributed by atoms with E-state index in [0.717, 1.165) is 0 Å². The van der Waals surface area contributed by atoms with Gasteiger partial charge in [0.1, 0.15) is 11.9 Å². The van der Waals surface area contributed by atoms with Crippen molar-refractivity contribution >= 4 is 6.09 Å². The van der Waals surface area contributed by atoms with E-state index in [1.807, 2.05) is 0 Å². The number of carbonyl (C=O) groups is 1. The smallest absolute Gasteiger partial charge is 0.405 e. The highest BCUT2D eigenvalue weighted by Crippen LogP contribution is 2.28. The predicted octanol–water partition coefficient (Wildman–Crippen LogP) is 3.04. The maximum atomic E-state index is 13.0. The summed E-state index contributed by atoms with van der Waals surface area (Å²) in [5.74, 6) is -3.95. The van der Waals surface area contributed by atoms with Crippen LogP contribution >= 0.6 is 0 Å². The van der Waals surface area contributed by atoms with E-state index in [2.05, 4.69) is 10.2 Å². The second kappa shape index (κ2) is 8.02. The molecule has 0 spiro atoms. The summed E-state index contributed by atoms with van der Waals surface area (Å²) in [5.41, 5.74) is 5.35. The van der Waals surface area contributed by atoms with Gasteiger partial charge in [0, 0.05) is 6.92 Å². The summed E-state index contributed by atoms with van der Waals surface area (Å²) < 4.78 is 65.2. The fourth-order valence-corrected chi connectivity index (χ4v) is 1.99. The van der Waals surface area contributed by atoms with E-state index in [9.17, 15) is 22.4 Å². The van der Waals surface area contributed by atoms with Crippen LogP contribution < -0.4 is 10.5 Å². The monoisotopic (exact) mass is 377 g/mol. The lowest BCUT2D eigenvalue weighted by Crippen LogP contribution is -2.33. The number of aryl methyl sites for hydroxylation is 1. The van der Waals surface area contributed by atoms with Crippen LogP contribution in [0.1, 0.15) is 23.4 Å². The lowest BCUT2D eigenvalue weighted by atomic mass is 10.1. The van der Waals surface area contributed by atoms with Crippen LogP contribution in [-0.2, 0) is 11.2 Å². The van der Waals surface area contributed by atoms with Crippen LogP contribution in [0.4, 0.5) is 22.4 Å². The van der Waals surface area contributed by atoms with E-state index >= 15 is 0 Å². The Kier molecular flexibility index (Phi) is 6.01. The van der Waals surface area contributed by atoms with Gasteiger partial charge in [-0.25, -0.2) is 13.6 Å². The van der Waals surface area contributed by atoms with Crippen LogP contribution in [0.25, 0.3) is 0 Å². The van der Waals surface area contributed by atoms with Gasteiger partial charge in [-0.3, -0.25) is 0 Å². The van der Waals surface area contributed by atoms with Gasteiger partial charge >= 0.3 is 18.4 Å². The quantitative estimate of drug-likeness (QED) is 0.710. The van der Waals surface area contributed by atoms with Crippen molar-refractivity contribution in [2.45, 2.75) is 31.8 Å². The number of nitrogens with two attached hydrogens (primary N) is 1. The first kappa shape index (κ1) is 19.5. The van der Waals surface area contributed by atoms with Gasteiger partial charge in [0.25, 0.3) is 0 Å². The van der Waals surface area contributed by atoms with Gasteiger partial charge < -0.3 is 19.6 Å². The van der Waals surface area contributed by atoms with Gasteiger partial charge in [-0.2, -0.15) is 8.78 Å². The number of carbonyl (C=O) groups excluding carboxylic acids is 1. The summed E-state index contributed by atoms with van der Waals surface area (Å²) in [5, 5.41) is 7.40. The lowest BCUT2D eigenvalue weighted by Gasteiger charge is -2.18. The Morgan fingerprint density at radius 1 is 1.35 bits per heavy atom. The predicted molar refractivity (Wildman–Crippen MR) is 79.0 cm³/mol. The molecule has 0 saturated heterocycles. The number of rotatable bonds is 8. The van der Waals surface area contributed by atoms with Gasteiger partial charge in [0.05, 0.1) is 6.42 Å². The molecule has 11 heteroatoms. The molecule has 2 rings (SSSR count). The van der Waals surface area contributed by atoms with Crippen LogP contribution in [0.3, 0.4) is 0 Å². The molecule has 0 fully saturated rings. The number of ether oxygens (including phenoxy) is 2. The van der Waals surface area contributed by atoms with Gasteiger partial charge in [-0.1, -0.05) is 12.1 Å². The van der Waals surface area contributed by atoms with Crippen LogP contribution in [0.5, 0.6) is 5.75 Å². The average Bonchev–Trinajstić information content (AvgIpc) is 2.97. The normalized spacial score (nSPS) is 12.8. The maximum absolute atomic E-state index is 13.0. The Labute approximate surface area is 145 Å². The standard InChI is InChI=1S/C15H15F4N3O4/c1-8-21-22-12(25-8)6-11(26-14(20)23)9-3-2-4-10(5-9)24-7-15(18,19)13(16)17/h2-5,11,13H,6-7H2,1H3,(H2,20,23). The molecule has 26 heavy (non-hydrogen) atoms. The number of aromatic nitrogens is 2. The SMILES string of the molecule is Cc1nnc(CC(OC(N)=O)c2cccc(OCC(F)(F)C(F)F)c2)o1. The fraction of sp³-hybridized carbons (Fsp3) is 0.400. The Balaban J connectivity index is 2.16. The van der Waals surface area contributed by atoms with Crippen molar-refractivity contribution in [3.8, 4) is 5.75 Å². The number of halogens is 4. The molecule has 142 valence electrons. The summed E-state index contributed by atoms with van der Waals surface area (Å²) in [6, 6.07) is 5.48. The summed E-state index contributed by atoms with van der Waals surface area (Å²) in [6.07, 6.45) is -5.92. The number of primary amides is 1. The van der Waals surface area contributed by atoms with E-state index in [0.29, 0.717) is 11.5 Å². The molecular formula is C15H15F4N3O4. The first-order chi connectivity index (χ1) is 12.2. The zero-order chi connectivity index (χ0) is 19.3. The van der Waals surface area contributed by atoms with Gasteiger partial charge in [0.15, 0.2) is 6.61 Å². The molecule has 1 unspecified atom stereocenters. The van der Waals surface area contributed by atoms with Crippen LogP contribution in [0, 0.1) is 6.92 Å². The zero-order valence-corrected chi connectivity index (χ0v) is 13.5. The minimum atomic E-state index is -4.29. The zero-order valence-electron chi connectivity index (χ0n) is 13.5. The summed E-state index contributed by atoms with van der Waals surface area (Å²) in [7, 11) is 0. The molecule has 0 radical (unpaired) electrons. The van der Waals surface area contributed by atoms with Crippen molar-refractivity contribution < 1.29 is 36.2 Å². The maximum Gasteiger partial charge on any atom is 0.405 e. The fourth-order valence-electron chi connectivity index (χ4n) is 1.99. The highest BCUT2D eigenvalue weighted by Gasteiger charge is 2.41. The molecule has 7 nitrogen and oxygen atoms in total. The third-order valence-electron chi connectivity index (χ3n) is 3.17. The highest BCUT2D eigenvalue weighted by molar-refractivity contribution is 5.65. The van der Waals surface area contributed by atoms with E-state index in [-0.39, 0.29) is 18.1 Å². The Morgan fingerprint density at radius 2 is 2.08 bits per heavy atom. The summed E-state index contributed by atoms with van der Waals surface area (Å²) >= 11 is 0. The minimum Gasteiger partial charge on any atom is -0.487 e. The second-order valence-corrected chi connectivity index (χ2v) is 5.27. The van der Waals surface area contributed by atoms with Crippen molar-refractivity contribution in [2.24, 2.45) is 5.73 Å². The molecule has 0 aliphatic heterocycles. The molecule has 1 amide bonds. The Bertz CT molecular complexity index is 754. The van der Waals surface area contributed by atoms with Crippen molar-refractivity contribution in [3.63, 3.8) is 0 Å². The first-order valence-electron chi connectivity index (χ1n) is 7.31. The Hall–Kier alpha value is -2.85. The van der Waals surface area contributed by atoms with Crippen molar-refractivity contribution in [1.29, 1.82) is 0 Å². The van der Waals surface area contributed by atoms with Gasteiger partial charge in [-0.15, -0.1) is 10.2 Å². The number of alkyl halides is 4. The molecule has 2 aromatic rings. The summed E-state index contributed by atoms with van der Waals surface area (Å²) in [4.78, 5) is 11.1. The third kappa shape index (κ3) is 5.33. The van der Waals surface area contributed by atoms with E-state index < -0.39 is 31.2 Å². The first-order valence-corrected chi connectivity index (χ1v) is 7.31. The van der Waals surface area contributed by atoms with E-state index in [1.54, 1.807) is 6.92 Å². The lowest BCUT2D eigenvalue weighted by molar-refractivity contribution is -0.148. The number of benzene rings is 1. The van der Waals surface area contributed by atoms with Crippen molar-refractivity contribution in [1.82, 2.24) is 10.2 Å². The molecule has 1 atom stereocenters. The van der Waals surface area contributed by atoms with Crippen LogP contribution in [0.2, 0.25) is 0 Å². The number of hydrogen-bond donors (Lipinski definition) is 1. The number of nitrogens with zero attached hydrogens (tertiary/aromatic N) is 2. The number of hydrogen-bond acceptors (Lipinski definition) is 6. The highest BCUT2D eigenvalue weighted by atomic mass is 19.3. The summed E-state index contributed by atoms with van der Waals surface area (Å²) in [6.45, 7) is 0.0659. The molecule has 0 aliphatic carbocycles. The topological polar surface area (TPSA) is 100 Å². The molecule has 0 saturated carbocycles. The molecule has 1 aromatic carbocycles. The molecule has 1 aromatic heterocycles. The largest absolute Gasteiger partial charge is 0.487 e. The molecule has 2 N–H and O–H groups in total. The van der Waals surface area contributed by atoms with Crippen molar-refractivity contribution in [2.75, 3.05) is 6.61 Å². The van der Waals surface area contributed by atoms with Crippen LogP contribution in [-0.4, -0.2) is 35.2 Å². The van der Waals surface area contributed by atoms with E-state index in [4.69, 9.17) is 19.6 Å². The number of amides is 1. The van der Waals surface area contributed by atoms with Crippen LogP contribution in [0.15, 0.2) is 28.7 Å². The third-order valence-corrected chi connectivity index (χ3v) is 3.17. The molecular weight excluding hydrogens is 362 g/mol. The second-order valence-electron chi connectivity index (χ2n) is 5.27. The minimum absolute atomic E-state index is 0.0274. The van der Waals surface area contributed by atoms with Gasteiger partial charge in [-0.05, 0) is 17.7 Å². The molecule has 0 bridgehead atoms. The average molecular weight is 377 g/mol. The van der Waals surface area contributed by atoms with E-state index in [1.165, 1.54) is 24.3 Å². The van der Waals surface area contributed by atoms with Crippen molar-refractivity contribution in [3.05, 3.63) is 41.6 Å². The molecule has 1 heterocycles. The molecule has 0 aliphatic rings. The van der Waals surface area contributed by atoms with Gasteiger partial charge in [0.2, 0.25) is 11.8 Å².